The third-order valence-electron chi connectivity index (χ3n) is 3.33. The van der Waals surface area contributed by atoms with E-state index in [1.165, 1.54) is 0 Å². The predicted molar refractivity (Wildman–Crippen MR) is 104 cm³/mol. The summed E-state index contributed by atoms with van der Waals surface area (Å²) >= 11 is 11.8. The molecule has 0 radical (unpaired) electrons. The van der Waals surface area contributed by atoms with E-state index in [4.69, 9.17) is 23.2 Å². The molecular weight excluding hydrogens is 339 g/mol. The zero-order valence-corrected chi connectivity index (χ0v) is 14.2. The fourth-order valence-electron chi connectivity index (χ4n) is 2.07. The van der Waals surface area contributed by atoms with Gasteiger partial charge in [0.25, 0.3) is 0 Å². The molecule has 0 saturated heterocycles. The van der Waals surface area contributed by atoms with Crippen molar-refractivity contribution in [3.8, 4) is 0 Å². The number of nitrogens with zero attached hydrogens (tertiary/aromatic N) is 2. The highest BCUT2D eigenvalue weighted by molar-refractivity contribution is 6.30. The van der Waals surface area contributed by atoms with Gasteiger partial charge >= 0.3 is 0 Å². The van der Waals surface area contributed by atoms with Gasteiger partial charge in [0.1, 0.15) is 0 Å². The van der Waals surface area contributed by atoms with Gasteiger partial charge < -0.3 is 0 Å². The minimum absolute atomic E-state index is 0.708. The van der Waals surface area contributed by atoms with Gasteiger partial charge in [-0.25, -0.2) is 0 Å². The zero-order chi connectivity index (χ0) is 16.8. The molecule has 0 aliphatic rings. The van der Waals surface area contributed by atoms with Gasteiger partial charge in [0.15, 0.2) is 0 Å². The van der Waals surface area contributed by atoms with E-state index in [0.29, 0.717) is 10.0 Å². The summed E-state index contributed by atoms with van der Waals surface area (Å²) < 4.78 is 0. The van der Waals surface area contributed by atoms with Crippen molar-refractivity contribution < 1.29 is 0 Å². The predicted octanol–water partition coefficient (Wildman–Crippen LogP) is 6.49. The first kappa shape index (κ1) is 16.4. The van der Waals surface area contributed by atoms with Crippen molar-refractivity contribution in [3.05, 3.63) is 94.0 Å². The second-order valence-corrected chi connectivity index (χ2v) is 5.98. The van der Waals surface area contributed by atoms with Crippen molar-refractivity contribution in [2.75, 3.05) is 0 Å². The molecule has 3 aromatic rings. The van der Waals surface area contributed by atoms with E-state index < -0.39 is 0 Å². The number of hydrogen-bond donors (Lipinski definition) is 0. The fraction of sp³-hybridized carbons (Fsp3) is 0. The number of rotatable bonds is 4. The van der Waals surface area contributed by atoms with E-state index in [2.05, 4.69) is 9.98 Å². The number of hydrogen-bond acceptors (Lipinski definition) is 2. The molecule has 2 nitrogen and oxygen atoms in total. The highest BCUT2D eigenvalue weighted by atomic mass is 35.5. The first-order valence-corrected chi connectivity index (χ1v) is 8.14. The van der Waals surface area contributed by atoms with E-state index in [1.54, 1.807) is 12.4 Å². The maximum Gasteiger partial charge on any atom is 0.0886 e. The molecule has 24 heavy (non-hydrogen) atoms. The van der Waals surface area contributed by atoms with Crippen molar-refractivity contribution in [2.24, 2.45) is 9.98 Å². The highest BCUT2D eigenvalue weighted by Crippen LogP contribution is 2.27. The second-order valence-electron chi connectivity index (χ2n) is 5.11. The van der Waals surface area contributed by atoms with Crippen molar-refractivity contribution in [3.63, 3.8) is 0 Å². The van der Waals surface area contributed by atoms with Crippen LogP contribution >= 0.6 is 23.2 Å². The Labute approximate surface area is 151 Å². The summed E-state index contributed by atoms with van der Waals surface area (Å²) in [5, 5.41) is 1.42. The Morgan fingerprint density at radius 3 is 1.29 bits per heavy atom. The van der Waals surface area contributed by atoms with Crippen LogP contribution in [-0.2, 0) is 0 Å². The number of halogens is 2. The molecule has 0 atom stereocenters. The van der Waals surface area contributed by atoms with Gasteiger partial charge in [-0.15, -0.1) is 0 Å². The molecule has 3 aromatic carbocycles. The van der Waals surface area contributed by atoms with Crippen LogP contribution in [0.15, 0.2) is 82.8 Å². The lowest BCUT2D eigenvalue weighted by Crippen LogP contribution is -1.81. The van der Waals surface area contributed by atoms with Crippen molar-refractivity contribution in [2.45, 2.75) is 0 Å². The summed E-state index contributed by atoms with van der Waals surface area (Å²) in [6, 6.07) is 22.8. The van der Waals surface area contributed by atoms with Gasteiger partial charge in [-0.05, 0) is 47.5 Å². The molecule has 0 unspecified atom stereocenters. The maximum absolute atomic E-state index is 5.89. The molecule has 0 aliphatic carbocycles. The SMILES string of the molecule is Clc1ccc(C=Nc2ccccc2N=Cc2ccc(Cl)cc2)cc1. The van der Waals surface area contributed by atoms with Crippen molar-refractivity contribution in [1.29, 1.82) is 0 Å². The molecule has 0 aliphatic heterocycles. The van der Waals surface area contributed by atoms with Crippen LogP contribution < -0.4 is 0 Å². The van der Waals surface area contributed by atoms with Crippen LogP contribution in [0.3, 0.4) is 0 Å². The lowest BCUT2D eigenvalue weighted by molar-refractivity contribution is 1.45. The Morgan fingerprint density at radius 2 is 0.917 bits per heavy atom. The van der Waals surface area contributed by atoms with E-state index in [0.717, 1.165) is 22.5 Å². The third kappa shape index (κ3) is 4.54. The maximum atomic E-state index is 5.89. The molecule has 4 heteroatoms. The Bertz CT molecular complexity index is 792. The van der Waals surface area contributed by atoms with Gasteiger partial charge in [0.05, 0.1) is 11.4 Å². The van der Waals surface area contributed by atoms with Crippen LogP contribution in [0.4, 0.5) is 11.4 Å². The lowest BCUT2D eigenvalue weighted by atomic mass is 10.2. The van der Waals surface area contributed by atoms with Gasteiger partial charge in [0, 0.05) is 22.5 Å². The highest BCUT2D eigenvalue weighted by Gasteiger charge is 1.98. The third-order valence-corrected chi connectivity index (χ3v) is 3.83. The van der Waals surface area contributed by atoms with Gasteiger partial charge in [-0.2, -0.15) is 0 Å². The average Bonchev–Trinajstić information content (AvgIpc) is 2.61. The van der Waals surface area contributed by atoms with E-state index in [-0.39, 0.29) is 0 Å². The molecule has 0 spiro atoms. The molecule has 0 bridgehead atoms. The van der Waals surface area contributed by atoms with Crippen molar-refractivity contribution in [1.82, 2.24) is 0 Å². The lowest BCUT2D eigenvalue weighted by Gasteiger charge is -2.00. The average molecular weight is 353 g/mol. The Hall–Kier alpha value is -2.42. The minimum Gasteiger partial charge on any atom is -0.254 e. The fourth-order valence-corrected chi connectivity index (χ4v) is 2.32. The van der Waals surface area contributed by atoms with Crippen LogP contribution in [0.25, 0.3) is 0 Å². The Kier molecular flexibility index (Phi) is 5.42. The van der Waals surface area contributed by atoms with Gasteiger partial charge in [0.2, 0.25) is 0 Å². The Morgan fingerprint density at radius 1 is 0.542 bits per heavy atom. The summed E-state index contributed by atoms with van der Waals surface area (Å²) in [5.74, 6) is 0. The minimum atomic E-state index is 0.708. The van der Waals surface area contributed by atoms with Crippen LogP contribution in [-0.4, -0.2) is 12.4 Å². The first-order valence-electron chi connectivity index (χ1n) is 7.39. The van der Waals surface area contributed by atoms with Crippen LogP contribution in [0.1, 0.15) is 11.1 Å². The van der Waals surface area contributed by atoms with Crippen LogP contribution in [0.5, 0.6) is 0 Å². The molecule has 0 amide bonds. The van der Waals surface area contributed by atoms with Crippen molar-refractivity contribution >= 4 is 47.0 Å². The standard InChI is InChI=1S/C20H14Cl2N2/c21-17-9-5-15(6-10-17)13-23-19-3-1-2-4-20(19)24-14-16-7-11-18(22)12-8-16/h1-14H. The van der Waals surface area contributed by atoms with E-state index in [9.17, 15) is 0 Å². The number of para-hydroxylation sites is 2. The molecule has 0 heterocycles. The largest absolute Gasteiger partial charge is 0.254 e. The summed E-state index contributed by atoms with van der Waals surface area (Å²) in [6.45, 7) is 0. The van der Waals surface area contributed by atoms with Gasteiger partial charge in [-0.3, -0.25) is 9.98 Å². The first-order chi connectivity index (χ1) is 11.7. The summed E-state index contributed by atoms with van der Waals surface area (Å²) in [7, 11) is 0. The molecular formula is C20H14Cl2N2. The molecule has 0 fully saturated rings. The van der Waals surface area contributed by atoms with Gasteiger partial charge in [-0.1, -0.05) is 59.6 Å². The Balaban J connectivity index is 1.82. The molecule has 0 saturated carbocycles. The number of aliphatic imine (C=N–C) groups is 2. The normalized spacial score (nSPS) is 11.4. The second kappa shape index (κ2) is 7.91. The van der Waals surface area contributed by atoms with E-state index in [1.807, 2.05) is 72.8 Å². The quantitative estimate of drug-likeness (QED) is 0.479. The summed E-state index contributed by atoms with van der Waals surface area (Å²) in [4.78, 5) is 9.06. The van der Waals surface area contributed by atoms with E-state index >= 15 is 0 Å². The zero-order valence-electron chi connectivity index (χ0n) is 12.7. The molecule has 0 N–H and O–H groups in total. The topological polar surface area (TPSA) is 24.7 Å². The van der Waals surface area contributed by atoms with Crippen LogP contribution in [0.2, 0.25) is 10.0 Å². The molecule has 0 aromatic heterocycles. The molecule has 118 valence electrons. The van der Waals surface area contributed by atoms with Crippen LogP contribution in [0, 0.1) is 0 Å². The number of benzene rings is 3. The summed E-state index contributed by atoms with van der Waals surface area (Å²) in [6.07, 6.45) is 3.60. The molecule has 3 rings (SSSR count). The monoisotopic (exact) mass is 352 g/mol. The smallest absolute Gasteiger partial charge is 0.0886 e. The summed E-state index contributed by atoms with van der Waals surface area (Å²) in [5.41, 5.74) is 3.57.